The van der Waals surface area contributed by atoms with Crippen molar-refractivity contribution in [1.29, 1.82) is 0 Å². The van der Waals surface area contributed by atoms with E-state index in [9.17, 15) is 5.11 Å². The summed E-state index contributed by atoms with van der Waals surface area (Å²) in [6.07, 6.45) is -0.638. The number of anilines is 1. The number of thiophene rings is 1. The van der Waals surface area contributed by atoms with Crippen molar-refractivity contribution in [2.45, 2.75) is 13.0 Å². The fourth-order valence-electron chi connectivity index (χ4n) is 3.25. The molecule has 0 radical (unpaired) electrons. The lowest BCUT2D eigenvalue weighted by atomic mass is 10.2. The van der Waals surface area contributed by atoms with E-state index in [1.54, 1.807) is 13.2 Å². The number of para-hydroxylation sites is 2. The number of benzene rings is 1. The molecule has 0 bridgehead atoms. The molecule has 1 aliphatic heterocycles. The number of methoxy groups -OCH3 is 1. The average Bonchev–Trinajstić information content (AvgIpc) is 3.17. The number of ether oxygens (including phenoxy) is 1. The van der Waals surface area contributed by atoms with Crippen LogP contribution < -0.4 is 15.0 Å². The molecule has 2 N–H and O–H groups in total. The second-order valence-electron chi connectivity index (χ2n) is 6.50. The zero-order chi connectivity index (χ0) is 19.9. The monoisotopic (exact) mass is 422 g/mol. The molecule has 0 amide bonds. The standard InChI is InChI=1S/C20H27ClN4O2S/c1-3-22-20(23-14-16(26)18-8-9-19(21)28-18)25-12-10-24(11-13-25)15-6-4-5-7-17(15)27-2/h4-9,16,26H,3,10-14H2,1-2H3,(H,22,23). The highest BCUT2D eigenvalue weighted by molar-refractivity contribution is 7.16. The molecule has 1 aromatic carbocycles. The Kier molecular flexibility index (Phi) is 7.42. The third kappa shape index (κ3) is 5.10. The van der Waals surface area contributed by atoms with Gasteiger partial charge in [-0.05, 0) is 31.2 Å². The second kappa shape index (κ2) is 10.0. The first-order valence-electron chi connectivity index (χ1n) is 9.47. The Bertz CT molecular complexity index is 790. The third-order valence-electron chi connectivity index (χ3n) is 4.68. The summed E-state index contributed by atoms with van der Waals surface area (Å²) in [4.78, 5) is 10.1. The Morgan fingerprint density at radius 1 is 1.25 bits per heavy atom. The van der Waals surface area contributed by atoms with Crippen molar-refractivity contribution in [1.82, 2.24) is 10.2 Å². The number of halogens is 1. The number of nitrogens with zero attached hydrogens (tertiary/aromatic N) is 3. The van der Waals surface area contributed by atoms with Crippen LogP contribution in [0.5, 0.6) is 5.75 Å². The molecule has 6 nitrogen and oxygen atoms in total. The molecule has 1 atom stereocenters. The normalized spacial score (nSPS) is 16.2. The van der Waals surface area contributed by atoms with Gasteiger partial charge in [0, 0.05) is 37.6 Å². The van der Waals surface area contributed by atoms with Gasteiger partial charge in [0.15, 0.2) is 5.96 Å². The van der Waals surface area contributed by atoms with Gasteiger partial charge in [0.2, 0.25) is 0 Å². The van der Waals surface area contributed by atoms with Crippen LogP contribution in [-0.4, -0.2) is 62.3 Å². The van der Waals surface area contributed by atoms with Gasteiger partial charge in [-0.2, -0.15) is 0 Å². The molecule has 1 fully saturated rings. The quantitative estimate of drug-likeness (QED) is 0.552. The number of guanidine groups is 1. The average molecular weight is 423 g/mol. The Balaban J connectivity index is 1.62. The number of piperazine rings is 1. The Morgan fingerprint density at radius 2 is 2.00 bits per heavy atom. The van der Waals surface area contributed by atoms with Gasteiger partial charge in [-0.25, -0.2) is 0 Å². The summed E-state index contributed by atoms with van der Waals surface area (Å²) in [5.41, 5.74) is 1.12. The molecule has 1 aromatic heterocycles. The predicted octanol–water partition coefficient (Wildman–Crippen LogP) is 3.23. The number of aliphatic hydroxyl groups is 1. The van der Waals surface area contributed by atoms with Crippen molar-refractivity contribution in [3.05, 3.63) is 45.6 Å². The summed E-state index contributed by atoms with van der Waals surface area (Å²) in [5, 5.41) is 13.7. The molecule has 2 heterocycles. The predicted molar refractivity (Wildman–Crippen MR) is 117 cm³/mol. The number of aliphatic hydroxyl groups excluding tert-OH is 1. The molecular weight excluding hydrogens is 396 g/mol. The van der Waals surface area contributed by atoms with Crippen molar-refractivity contribution >= 4 is 34.6 Å². The Labute approximate surface area is 175 Å². The van der Waals surface area contributed by atoms with Crippen LogP contribution in [0.25, 0.3) is 0 Å². The minimum absolute atomic E-state index is 0.311. The largest absolute Gasteiger partial charge is 0.495 e. The first-order valence-corrected chi connectivity index (χ1v) is 10.7. The van der Waals surface area contributed by atoms with E-state index in [-0.39, 0.29) is 0 Å². The Hall–Kier alpha value is -1.96. The minimum Gasteiger partial charge on any atom is -0.495 e. The van der Waals surface area contributed by atoms with Crippen LogP contribution in [0.3, 0.4) is 0 Å². The van der Waals surface area contributed by atoms with Gasteiger partial charge >= 0.3 is 0 Å². The van der Waals surface area contributed by atoms with Gasteiger partial charge in [0.25, 0.3) is 0 Å². The first kappa shape index (κ1) is 20.8. The smallest absolute Gasteiger partial charge is 0.194 e. The lowest BCUT2D eigenvalue weighted by Crippen LogP contribution is -2.52. The van der Waals surface area contributed by atoms with Crippen LogP contribution in [0.1, 0.15) is 17.9 Å². The summed E-state index contributed by atoms with van der Waals surface area (Å²) in [5.74, 6) is 1.73. The molecular formula is C20H27ClN4O2S. The first-order chi connectivity index (χ1) is 13.6. The van der Waals surface area contributed by atoms with Crippen LogP contribution in [0.2, 0.25) is 4.34 Å². The van der Waals surface area contributed by atoms with Crippen molar-refractivity contribution < 1.29 is 9.84 Å². The molecule has 3 rings (SSSR count). The second-order valence-corrected chi connectivity index (χ2v) is 8.24. The van der Waals surface area contributed by atoms with E-state index in [1.807, 2.05) is 24.3 Å². The van der Waals surface area contributed by atoms with Crippen molar-refractivity contribution in [3.63, 3.8) is 0 Å². The molecule has 2 aromatic rings. The van der Waals surface area contributed by atoms with Gasteiger partial charge in [-0.15, -0.1) is 11.3 Å². The van der Waals surface area contributed by atoms with E-state index in [4.69, 9.17) is 16.3 Å². The SMILES string of the molecule is CCNC(=NCC(O)c1ccc(Cl)s1)N1CCN(c2ccccc2OC)CC1. The highest BCUT2D eigenvalue weighted by Gasteiger charge is 2.22. The zero-order valence-electron chi connectivity index (χ0n) is 16.3. The summed E-state index contributed by atoms with van der Waals surface area (Å²) in [6, 6.07) is 11.8. The maximum Gasteiger partial charge on any atom is 0.194 e. The van der Waals surface area contributed by atoms with E-state index in [0.29, 0.717) is 10.9 Å². The number of nitrogens with one attached hydrogen (secondary N) is 1. The van der Waals surface area contributed by atoms with Crippen LogP contribution in [0.4, 0.5) is 5.69 Å². The molecule has 8 heteroatoms. The van der Waals surface area contributed by atoms with E-state index < -0.39 is 6.10 Å². The van der Waals surface area contributed by atoms with Crippen molar-refractivity contribution in [2.24, 2.45) is 4.99 Å². The van der Waals surface area contributed by atoms with Gasteiger partial charge < -0.3 is 25.0 Å². The molecule has 0 aliphatic carbocycles. The van der Waals surface area contributed by atoms with Gasteiger partial charge in [-0.3, -0.25) is 4.99 Å². The molecule has 1 saturated heterocycles. The molecule has 0 spiro atoms. The summed E-state index contributed by atoms with van der Waals surface area (Å²) >= 11 is 7.35. The third-order valence-corrected chi connectivity index (χ3v) is 6.01. The summed E-state index contributed by atoms with van der Waals surface area (Å²) in [6.45, 7) is 6.62. The van der Waals surface area contributed by atoms with E-state index in [2.05, 4.69) is 33.1 Å². The van der Waals surface area contributed by atoms with Crippen LogP contribution in [0.15, 0.2) is 41.4 Å². The molecule has 0 saturated carbocycles. The highest BCUT2D eigenvalue weighted by atomic mass is 35.5. The van der Waals surface area contributed by atoms with Gasteiger partial charge in [-0.1, -0.05) is 23.7 Å². The number of hydrogen-bond donors (Lipinski definition) is 2. The highest BCUT2D eigenvalue weighted by Crippen LogP contribution is 2.29. The van der Waals surface area contributed by atoms with Crippen LogP contribution in [-0.2, 0) is 0 Å². The number of hydrogen-bond acceptors (Lipinski definition) is 5. The maximum atomic E-state index is 10.4. The van der Waals surface area contributed by atoms with Crippen LogP contribution in [0, 0.1) is 0 Å². The Morgan fingerprint density at radius 3 is 2.64 bits per heavy atom. The topological polar surface area (TPSA) is 60.3 Å². The minimum atomic E-state index is -0.638. The maximum absolute atomic E-state index is 10.4. The van der Waals surface area contributed by atoms with E-state index in [1.165, 1.54) is 11.3 Å². The summed E-state index contributed by atoms with van der Waals surface area (Å²) in [7, 11) is 1.71. The van der Waals surface area contributed by atoms with Crippen molar-refractivity contribution in [2.75, 3.05) is 51.3 Å². The van der Waals surface area contributed by atoms with Crippen LogP contribution >= 0.6 is 22.9 Å². The van der Waals surface area contributed by atoms with E-state index >= 15 is 0 Å². The van der Waals surface area contributed by atoms with Crippen molar-refractivity contribution in [3.8, 4) is 5.75 Å². The summed E-state index contributed by atoms with van der Waals surface area (Å²) < 4.78 is 6.17. The fraction of sp³-hybridized carbons (Fsp3) is 0.450. The lowest BCUT2D eigenvalue weighted by Gasteiger charge is -2.38. The van der Waals surface area contributed by atoms with Gasteiger partial charge in [0.05, 0.1) is 23.7 Å². The molecule has 28 heavy (non-hydrogen) atoms. The number of rotatable bonds is 6. The number of aliphatic imine (C=N–C) groups is 1. The molecule has 152 valence electrons. The van der Waals surface area contributed by atoms with E-state index in [0.717, 1.165) is 55.0 Å². The fourth-order valence-corrected chi connectivity index (χ4v) is 4.28. The lowest BCUT2D eigenvalue weighted by molar-refractivity contribution is 0.190. The van der Waals surface area contributed by atoms with Gasteiger partial charge in [0.1, 0.15) is 11.9 Å². The molecule has 1 unspecified atom stereocenters. The zero-order valence-corrected chi connectivity index (χ0v) is 17.8. The molecule has 1 aliphatic rings.